The Morgan fingerprint density at radius 2 is 1.88 bits per heavy atom. The maximum atomic E-state index is 12.5. The van der Waals surface area contributed by atoms with Crippen LogP contribution < -0.4 is 9.47 Å². The third kappa shape index (κ3) is 5.36. The van der Waals surface area contributed by atoms with Crippen LogP contribution in [0, 0.1) is 0 Å². The van der Waals surface area contributed by atoms with Gasteiger partial charge in [-0.15, -0.1) is 0 Å². The molecule has 0 fully saturated rings. The molecule has 0 heterocycles. The Balaban J connectivity index is 2.10. The molecule has 0 aliphatic heterocycles. The molecule has 0 saturated heterocycles. The summed E-state index contributed by atoms with van der Waals surface area (Å²) in [7, 11) is 3.21. The third-order valence-electron chi connectivity index (χ3n) is 3.78. The number of ether oxygens (including phenoxy) is 2. The first kappa shape index (κ1) is 19.1. The molecule has 132 valence electrons. The summed E-state index contributed by atoms with van der Waals surface area (Å²) in [4.78, 5) is 14.3. The van der Waals surface area contributed by atoms with Gasteiger partial charge < -0.3 is 14.4 Å². The second-order valence-corrected chi connectivity index (χ2v) is 6.35. The molecule has 0 saturated carbocycles. The maximum absolute atomic E-state index is 12.5. The second kappa shape index (κ2) is 9.28. The molecule has 1 amide bonds. The maximum Gasteiger partial charge on any atom is 0.246 e. The van der Waals surface area contributed by atoms with Crippen molar-refractivity contribution in [3.05, 3.63) is 64.1 Å². The normalized spacial score (nSPS) is 10.7. The van der Waals surface area contributed by atoms with Gasteiger partial charge in [-0.05, 0) is 48.4 Å². The highest BCUT2D eigenvalue weighted by molar-refractivity contribution is 9.10. The first-order valence-corrected chi connectivity index (χ1v) is 8.80. The molecular weight excluding hydrogens is 382 g/mol. The lowest BCUT2D eigenvalue weighted by Crippen LogP contribution is -2.28. The van der Waals surface area contributed by atoms with Crippen molar-refractivity contribution >= 4 is 27.9 Å². The van der Waals surface area contributed by atoms with Crippen LogP contribution in [0.15, 0.2) is 53.0 Å². The summed E-state index contributed by atoms with van der Waals surface area (Å²) in [5.41, 5.74) is 1.97. The second-order valence-electron chi connectivity index (χ2n) is 5.43. The van der Waals surface area contributed by atoms with Gasteiger partial charge in [-0.2, -0.15) is 0 Å². The van der Waals surface area contributed by atoms with Crippen molar-refractivity contribution in [2.75, 3.05) is 20.8 Å². The number of carbonyl (C=O) groups is 1. The highest BCUT2D eigenvalue weighted by atomic mass is 79.9. The van der Waals surface area contributed by atoms with Crippen molar-refractivity contribution in [2.24, 2.45) is 0 Å². The predicted molar refractivity (Wildman–Crippen MR) is 104 cm³/mol. The van der Waals surface area contributed by atoms with Gasteiger partial charge in [0.25, 0.3) is 0 Å². The Morgan fingerprint density at radius 1 is 1.12 bits per heavy atom. The Morgan fingerprint density at radius 3 is 2.52 bits per heavy atom. The molecule has 0 atom stereocenters. The molecule has 25 heavy (non-hydrogen) atoms. The molecule has 5 heteroatoms. The Labute approximate surface area is 157 Å². The van der Waals surface area contributed by atoms with E-state index < -0.39 is 0 Å². The van der Waals surface area contributed by atoms with Crippen LogP contribution >= 0.6 is 15.9 Å². The van der Waals surface area contributed by atoms with Crippen molar-refractivity contribution in [3.63, 3.8) is 0 Å². The monoisotopic (exact) mass is 403 g/mol. The van der Waals surface area contributed by atoms with E-state index in [1.54, 1.807) is 25.2 Å². The summed E-state index contributed by atoms with van der Waals surface area (Å²) < 4.78 is 11.6. The van der Waals surface area contributed by atoms with Gasteiger partial charge in [0.1, 0.15) is 0 Å². The van der Waals surface area contributed by atoms with E-state index in [4.69, 9.17) is 9.47 Å². The first-order chi connectivity index (χ1) is 12.1. The van der Waals surface area contributed by atoms with Crippen LogP contribution in [0.2, 0.25) is 0 Å². The number of nitrogens with zero attached hydrogens (tertiary/aromatic N) is 1. The number of hydrogen-bond donors (Lipinski definition) is 0. The van der Waals surface area contributed by atoms with Gasteiger partial charge in [0.2, 0.25) is 5.91 Å². The third-order valence-corrected chi connectivity index (χ3v) is 4.28. The SMILES string of the molecule is CCN(Cc1ccc(OC)c(OC)c1)C(=O)/C=C/c1cccc(Br)c1. The van der Waals surface area contributed by atoms with E-state index in [0.29, 0.717) is 24.6 Å². The number of benzene rings is 2. The molecule has 0 N–H and O–H groups in total. The van der Waals surface area contributed by atoms with Crippen LogP contribution in [-0.4, -0.2) is 31.6 Å². The summed E-state index contributed by atoms with van der Waals surface area (Å²) in [6.45, 7) is 3.10. The molecule has 0 spiro atoms. The predicted octanol–water partition coefficient (Wildman–Crippen LogP) is 4.53. The minimum Gasteiger partial charge on any atom is -0.493 e. The Bertz CT molecular complexity index is 758. The molecule has 0 aromatic heterocycles. The molecule has 0 aliphatic rings. The fourth-order valence-electron chi connectivity index (χ4n) is 2.43. The average Bonchev–Trinajstić information content (AvgIpc) is 2.64. The van der Waals surface area contributed by atoms with E-state index in [1.165, 1.54) is 0 Å². The summed E-state index contributed by atoms with van der Waals surface area (Å²) in [6, 6.07) is 13.5. The lowest BCUT2D eigenvalue weighted by atomic mass is 10.1. The van der Waals surface area contributed by atoms with Crippen LogP contribution in [0.1, 0.15) is 18.1 Å². The smallest absolute Gasteiger partial charge is 0.246 e. The number of hydrogen-bond acceptors (Lipinski definition) is 3. The number of amides is 1. The summed E-state index contributed by atoms with van der Waals surface area (Å²) >= 11 is 3.43. The zero-order valence-electron chi connectivity index (χ0n) is 14.7. The average molecular weight is 404 g/mol. The zero-order chi connectivity index (χ0) is 18.2. The van der Waals surface area contributed by atoms with Gasteiger partial charge in [-0.3, -0.25) is 4.79 Å². The minimum absolute atomic E-state index is 0.0303. The number of methoxy groups -OCH3 is 2. The van der Waals surface area contributed by atoms with Crippen LogP contribution in [0.5, 0.6) is 11.5 Å². The fraction of sp³-hybridized carbons (Fsp3) is 0.250. The highest BCUT2D eigenvalue weighted by Gasteiger charge is 2.11. The van der Waals surface area contributed by atoms with E-state index >= 15 is 0 Å². The minimum atomic E-state index is -0.0303. The van der Waals surface area contributed by atoms with Gasteiger partial charge in [0.15, 0.2) is 11.5 Å². The Hall–Kier alpha value is -2.27. The molecule has 0 aliphatic carbocycles. The molecule has 0 unspecified atom stereocenters. The Kier molecular flexibility index (Phi) is 7.07. The summed E-state index contributed by atoms with van der Waals surface area (Å²) in [5.74, 6) is 1.31. The van der Waals surface area contributed by atoms with E-state index in [1.807, 2.05) is 55.5 Å². The molecule has 4 nitrogen and oxygen atoms in total. The molecule has 2 aromatic rings. The van der Waals surface area contributed by atoms with Crippen LogP contribution in [-0.2, 0) is 11.3 Å². The van der Waals surface area contributed by atoms with E-state index in [2.05, 4.69) is 15.9 Å². The van der Waals surface area contributed by atoms with Crippen LogP contribution in [0.4, 0.5) is 0 Å². The lowest BCUT2D eigenvalue weighted by molar-refractivity contribution is -0.126. The van der Waals surface area contributed by atoms with Gasteiger partial charge in [-0.1, -0.05) is 34.1 Å². The van der Waals surface area contributed by atoms with Gasteiger partial charge in [0, 0.05) is 23.6 Å². The van der Waals surface area contributed by atoms with Crippen LogP contribution in [0.25, 0.3) is 6.08 Å². The lowest BCUT2D eigenvalue weighted by Gasteiger charge is -2.20. The van der Waals surface area contributed by atoms with Crippen molar-refractivity contribution in [1.82, 2.24) is 4.90 Å². The molecule has 0 bridgehead atoms. The zero-order valence-corrected chi connectivity index (χ0v) is 16.2. The number of likely N-dealkylation sites (N-methyl/N-ethyl adjacent to an activating group) is 1. The number of rotatable bonds is 7. The van der Waals surface area contributed by atoms with Crippen molar-refractivity contribution < 1.29 is 14.3 Å². The standard InChI is InChI=1S/C20H22BrNO3/c1-4-22(14-16-8-10-18(24-2)19(13-16)25-3)20(23)11-9-15-6-5-7-17(21)12-15/h5-13H,4,14H2,1-3H3/b11-9+. The molecular formula is C20H22BrNO3. The van der Waals surface area contributed by atoms with Crippen molar-refractivity contribution in [1.29, 1.82) is 0 Å². The van der Waals surface area contributed by atoms with Gasteiger partial charge in [-0.25, -0.2) is 0 Å². The van der Waals surface area contributed by atoms with E-state index in [-0.39, 0.29) is 5.91 Å². The fourth-order valence-corrected chi connectivity index (χ4v) is 2.85. The largest absolute Gasteiger partial charge is 0.493 e. The van der Waals surface area contributed by atoms with Crippen LogP contribution in [0.3, 0.4) is 0 Å². The quantitative estimate of drug-likeness (QED) is 0.637. The van der Waals surface area contributed by atoms with Gasteiger partial charge >= 0.3 is 0 Å². The number of halogens is 1. The van der Waals surface area contributed by atoms with Crippen molar-refractivity contribution in [3.8, 4) is 11.5 Å². The summed E-state index contributed by atoms with van der Waals surface area (Å²) in [5, 5.41) is 0. The van der Waals surface area contributed by atoms with E-state index in [9.17, 15) is 4.79 Å². The topological polar surface area (TPSA) is 38.8 Å². The molecule has 2 aromatic carbocycles. The first-order valence-electron chi connectivity index (χ1n) is 8.00. The van der Waals surface area contributed by atoms with Crippen molar-refractivity contribution in [2.45, 2.75) is 13.5 Å². The highest BCUT2D eigenvalue weighted by Crippen LogP contribution is 2.28. The molecule has 0 radical (unpaired) electrons. The number of carbonyl (C=O) groups excluding carboxylic acids is 1. The summed E-state index contributed by atoms with van der Waals surface area (Å²) in [6.07, 6.45) is 3.43. The van der Waals surface area contributed by atoms with E-state index in [0.717, 1.165) is 15.6 Å². The molecule has 2 rings (SSSR count). The van der Waals surface area contributed by atoms with Gasteiger partial charge in [0.05, 0.1) is 14.2 Å².